The fraction of sp³-hybridized carbons (Fsp3) is 0.238. The van der Waals surface area contributed by atoms with Crippen molar-refractivity contribution in [1.29, 1.82) is 0 Å². The van der Waals surface area contributed by atoms with Crippen LogP contribution in [0.5, 0.6) is 5.75 Å². The molecule has 1 amide bonds. The van der Waals surface area contributed by atoms with E-state index in [4.69, 9.17) is 16.3 Å². The molecule has 1 aromatic heterocycles. The van der Waals surface area contributed by atoms with E-state index in [1.165, 1.54) is 6.20 Å². The van der Waals surface area contributed by atoms with Gasteiger partial charge >= 0.3 is 0 Å². The average molecular weight is 384 g/mol. The summed E-state index contributed by atoms with van der Waals surface area (Å²) in [7, 11) is 0. The molecule has 1 heterocycles. The number of aromatic amines is 1. The quantitative estimate of drug-likeness (QED) is 0.547. The third-order valence-electron chi connectivity index (χ3n) is 4.14. The minimum Gasteiger partial charge on any atom is -0.494 e. The molecule has 0 spiro atoms. The molecule has 0 bridgehead atoms. The van der Waals surface area contributed by atoms with Crippen LogP contribution < -0.4 is 10.1 Å². The van der Waals surface area contributed by atoms with Crippen molar-refractivity contribution in [3.8, 4) is 17.0 Å². The van der Waals surface area contributed by atoms with Crippen molar-refractivity contribution >= 4 is 17.5 Å². The Balaban J connectivity index is 1.67. The van der Waals surface area contributed by atoms with Gasteiger partial charge in [-0.2, -0.15) is 5.10 Å². The lowest BCUT2D eigenvalue weighted by molar-refractivity contribution is 0.0951. The van der Waals surface area contributed by atoms with Crippen molar-refractivity contribution < 1.29 is 9.53 Å². The molecule has 5 nitrogen and oxygen atoms in total. The normalized spacial score (nSPS) is 10.6. The largest absolute Gasteiger partial charge is 0.494 e. The molecular weight excluding hydrogens is 362 g/mol. The Bertz CT molecular complexity index is 890. The molecule has 0 aliphatic heterocycles. The molecule has 2 N–H and O–H groups in total. The maximum Gasteiger partial charge on any atom is 0.255 e. The molecule has 0 saturated carbocycles. The van der Waals surface area contributed by atoms with Gasteiger partial charge in [0.05, 0.1) is 24.1 Å². The van der Waals surface area contributed by atoms with Crippen LogP contribution in [0, 0.1) is 0 Å². The first kappa shape index (κ1) is 19.0. The number of nitrogens with zero attached hydrogens (tertiary/aromatic N) is 1. The summed E-state index contributed by atoms with van der Waals surface area (Å²) >= 11 is 5.98. The molecule has 6 heteroatoms. The van der Waals surface area contributed by atoms with E-state index in [0.717, 1.165) is 29.7 Å². The number of hydrogen-bond acceptors (Lipinski definition) is 3. The monoisotopic (exact) mass is 383 g/mol. The van der Waals surface area contributed by atoms with Crippen LogP contribution in [0.15, 0.2) is 54.7 Å². The molecule has 0 atom stereocenters. The van der Waals surface area contributed by atoms with Gasteiger partial charge in [-0.05, 0) is 48.4 Å². The van der Waals surface area contributed by atoms with Gasteiger partial charge in [0.15, 0.2) is 0 Å². The smallest absolute Gasteiger partial charge is 0.255 e. The Labute approximate surface area is 163 Å². The molecule has 0 fully saturated rings. The number of H-pyrrole nitrogens is 1. The molecule has 3 aromatic rings. The number of ether oxygens (including phenoxy) is 1. The highest BCUT2D eigenvalue weighted by Gasteiger charge is 2.15. The molecular formula is C21H22ClN3O2. The Hall–Kier alpha value is -2.79. The second kappa shape index (κ2) is 9.24. The van der Waals surface area contributed by atoms with Gasteiger partial charge in [-0.1, -0.05) is 37.1 Å². The van der Waals surface area contributed by atoms with Crippen LogP contribution in [0.25, 0.3) is 11.3 Å². The number of benzene rings is 2. The van der Waals surface area contributed by atoms with E-state index in [1.54, 1.807) is 6.07 Å². The molecule has 0 radical (unpaired) electrons. The second-order valence-electron chi connectivity index (χ2n) is 6.20. The van der Waals surface area contributed by atoms with E-state index >= 15 is 0 Å². The molecule has 0 unspecified atom stereocenters. The lowest BCUT2D eigenvalue weighted by Crippen LogP contribution is -2.22. The molecule has 0 saturated heterocycles. The zero-order valence-corrected chi connectivity index (χ0v) is 15.9. The maximum absolute atomic E-state index is 12.6. The Morgan fingerprint density at radius 3 is 2.78 bits per heavy atom. The summed E-state index contributed by atoms with van der Waals surface area (Å²) in [5.41, 5.74) is 2.99. The molecule has 2 aromatic carbocycles. The Morgan fingerprint density at radius 1 is 1.22 bits per heavy atom. The predicted octanol–water partition coefficient (Wildman–Crippen LogP) is 4.84. The van der Waals surface area contributed by atoms with Crippen LogP contribution >= 0.6 is 11.6 Å². The highest BCUT2D eigenvalue weighted by Crippen LogP contribution is 2.24. The second-order valence-corrected chi connectivity index (χ2v) is 6.63. The fourth-order valence-electron chi connectivity index (χ4n) is 2.66. The molecule has 27 heavy (non-hydrogen) atoms. The standard InChI is InChI=1S/C21H22ClN3O2/c1-2-3-11-27-18-9-7-16(8-10-18)20-19(14-24-25-20)21(26)23-13-15-5-4-6-17(22)12-15/h4-10,12,14H,2-3,11,13H2,1H3,(H,23,26)(H,24,25). The number of unbranched alkanes of at least 4 members (excludes halogenated alkanes) is 1. The van der Waals surface area contributed by atoms with Crippen molar-refractivity contribution in [3.63, 3.8) is 0 Å². The number of carbonyl (C=O) groups is 1. The van der Waals surface area contributed by atoms with Gasteiger partial charge in [0.25, 0.3) is 5.91 Å². The zero-order chi connectivity index (χ0) is 19.1. The first-order chi connectivity index (χ1) is 13.2. The van der Waals surface area contributed by atoms with Crippen molar-refractivity contribution in [1.82, 2.24) is 15.5 Å². The highest BCUT2D eigenvalue weighted by atomic mass is 35.5. The average Bonchev–Trinajstić information content (AvgIpc) is 3.17. The molecule has 0 aliphatic rings. The van der Waals surface area contributed by atoms with E-state index in [9.17, 15) is 4.79 Å². The lowest BCUT2D eigenvalue weighted by atomic mass is 10.1. The van der Waals surface area contributed by atoms with E-state index < -0.39 is 0 Å². The number of hydrogen-bond donors (Lipinski definition) is 2. The van der Waals surface area contributed by atoms with Crippen molar-refractivity contribution in [3.05, 3.63) is 70.9 Å². The number of amides is 1. The van der Waals surface area contributed by atoms with Gasteiger partial charge in [-0.3, -0.25) is 9.89 Å². The minimum absolute atomic E-state index is 0.193. The predicted molar refractivity (Wildman–Crippen MR) is 107 cm³/mol. The van der Waals surface area contributed by atoms with Crippen LogP contribution in [-0.4, -0.2) is 22.7 Å². The summed E-state index contributed by atoms with van der Waals surface area (Å²) in [6.45, 7) is 3.23. The summed E-state index contributed by atoms with van der Waals surface area (Å²) in [6, 6.07) is 15.0. The van der Waals surface area contributed by atoms with Crippen molar-refractivity contribution in [2.45, 2.75) is 26.3 Å². The SMILES string of the molecule is CCCCOc1ccc(-c2[nH]ncc2C(=O)NCc2cccc(Cl)c2)cc1. The number of aromatic nitrogens is 2. The van der Waals surface area contributed by atoms with Crippen molar-refractivity contribution in [2.24, 2.45) is 0 Å². The topological polar surface area (TPSA) is 67.0 Å². The van der Waals surface area contributed by atoms with E-state index in [-0.39, 0.29) is 5.91 Å². The van der Waals surface area contributed by atoms with Crippen LogP contribution in [0.2, 0.25) is 5.02 Å². The van der Waals surface area contributed by atoms with Crippen LogP contribution in [0.1, 0.15) is 35.7 Å². The van der Waals surface area contributed by atoms with E-state index in [1.807, 2.05) is 42.5 Å². The van der Waals surface area contributed by atoms with E-state index in [2.05, 4.69) is 22.4 Å². The summed E-state index contributed by atoms with van der Waals surface area (Å²) < 4.78 is 5.68. The Morgan fingerprint density at radius 2 is 2.04 bits per heavy atom. The van der Waals surface area contributed by atoms with E-state index in [0.29, 0.717) is 29.4 Å². The van der Waals surface area contributed by atoms with Crippen LogP contribution in [0.4, 0.5) is 0 Å². The summed E-state index contributed by atoms with van der Waals surface area (Å²) in [5, 5.41) is 10.5. The van der Waals surface area contributed by atoms with Crippen molar-refractivity contribution in [2.75, 3.05) is 6.61 Å². The summed E-state index contributed by atoms with van der Waals surface area (Å²) in [5.74, 6) is 0.626. The molecule has 0 aliphatic carbocycles. The maximum atomic E-state index is 12.6. The Kier molecular flexibility index (Phi) is 6.49. The lowest BCUT2D eigenvalue weighted by Gasteiger charge is -2.08. The zero-order valence-electron chi connectivity index (χ0n) is 15.2. The number of carbonyl (C=O) groups excluding carboxylic acids is 1. The first-order valence-electron chi connectivity index (χ1n) is 8.96. The third kappa shape index (κ3) is 5.11. The van der Waals surface area contributed by atoms with Gasteiger partial charge in [-0.15, -0.1) is 0 Å². The van der Waals surface area contributed by atoms with Gasteiger partial charge in [0.2, 0.25) is 0 Å². The highest BCUT2D eigenvalue weighted by molar-refractivity contribution is 6.30. The third-order valence-corrected chi connectivity index (χ3v) is 4.37. The van der Waals surface area contributed by atoms with Gasteiger partial charge < -0.3 is 10.1 Å². The number of rotatable bonds is 8. The van der Waals surface area contributed by atoms with Gasteiger partial charge in [0, 0.05) is 17.1 Å². The minimum atomic E-state index is -0.193. The fourth-order valence-corrected chi connectivity index (χ4v) is 2.87. The number of nitrogens with one attached hydrogen (secondary N) is 2. The van der Waals surface area contributed by atoms with Gasteiger partial charge in [0.1, 0.15) is 5.75 Å². The first-order valence-corrected chi connectivity index (χ1v) is 9.34. The molecule has 3 rings (SSSR count). The molecule has 140 valence electrons. The number of halogens is 1. The van der Waals surface area contributed by atoms with Crippen LogP contribution in [-0.2, 0) is 6.54 Å². The summed E-state index contributed by atoms with van der Waals surface area (Å²) in [4.78, 5) is 12.6. The van der Waals surface area contributed by atoms with Gasteiger partial charge in [-0.25, -0.2) is 0 Å². The van der Waals surface area contributed by atoms with Crippen LogP contribution in [0.3, 0.4) is 0 Å². The summed E-state index contributed by atoms with van der Waals surface area (Å²) in [6.07, 6.45) is 3.66.